The predicted molar refractivity (Wildman–Crippen MR) is 117 cm³/mol. The Hall–Kier alpha value is -2.84. The number of ether oxygens (including phenoxy) is 1. The largest absolute Gasteiger partial charge is 0.508 e. The third-order valence-electron chi connectivity index (χ3n) is 3.81. The summed E-state index contributed by atoms with van der Waals surface area (Å²) in [5.41, 5.74) is 4.12. The van der Waals surface area contributed by atoms with E-state index in [9.17, 15) is 15.0 Å². The average Bonchev–Trinajstić information content (AvgIpc) is 2.68. The molecule has 3 aromatic rings. The Balaban J connectivity index is 1.70. The molecule has 0 aliphatic carbocycles. The Bertz CT molecular complexity index is 1030. The van der Waals surface area contributed by atoms with Gasteiger partial charge < -0.3 is 14.9 Å². The third-order valence-corrected chi connectivity index (χ3v) is 4.84. The van der Waals surface area contributed by atoms with E-state index in [0.29, 0.717) is 17.9 Å². The minimum atomic E-state index is -0.570. The van der Waals surface area contributed by atoms with Crippen molar-refractivity contribution in [3.8, 4) is 17.2 Å². The molecule has 3 rings (SSSR count). The summed E-state index contributed by atoms with van der Waals surface area (Å²) in [5, 5.41) is 22.9. The van der Waals surface area contributed by atoms with Crippen LogP contribution < -0.4 is 10.2 Å². The second-order valence-electron chi connectivity index (χ2n) is 6.03. The van der Waals surface area contributed by atoms with E-state index in [1.807, 2.05) is 36.4 Å². The number of aromatic hydroxyl groups is 2. The van der Waals surface area contributed by atoms with Crippen LogP contribution in [0.15, 0.2) is 74.7 Å². The van der Waals surface area contributed by atoms with Gasteiger partial charge in [-0.25, -0.2) is 5.43 Å². The fourth-order valence-electron chi connectivity index (χ4n) is 2.44. The second-order valence-corrected chi connectivity index (χ2v) is 7.87. The summed E-state index contributed by atoms with van der Waals surface area (Å²) in [7, 11) is 0. The van der Waals surface area contributed by atoms with Crippen LogP contribution in [0.25, 0.3) is 0 Å². The van der Waals surface area contributed by atoms with Crippen LogP contribution in [0.4, 0.5) is 0 Å². The van der Waals surface area contributed by atoms with Gasteiger partial charge in [-0.15, -0.1) is 0 Å². The van der Waals surface area contributed by atoms with Gasteiger partial charge in [0.25, 0.3) is 5.91 Å². The number of rotatable bonds is 6. The maximum Gasteiger partial charge on any atom is 0.271 e. The van der Waals surface area contributed by atoms with E-state index in [-0.39, 0.29) is 17.1 Å². The summed E-state index contributed by atoms with van der Waals surface area (Å²) in [5.74, 6) is -0.395. The zero-order valence-electron chi connectivity index (χ0n) is 15.0. The molecular formula is C21H16Br2N2O4. The summed E-state index contributed by atoms with van der Waals surface area (Å²) in [6.45, 7) is 0.380. The minimum Gasteiger partial charge on any atom is -0.508 e. The van der Waals surface area contributed by atoms with Gasteiger partial charge in [0.2, 0.25) is 0 Å². The Morgan fingerprint density at radius 3 is 2.31 bits per heavy atom. The molecular weight excluding hydrogens is 504 g/mol. The van der Waals surface area contributed by atoms with E-state index in [4.69, 9.17) is 4.74 Å². The first-order chi connectivity index (χ1) is 13.9. The Morgan fingerprint density at radius 1 is 0.966 bits per heavy atom. The molecule has 148 valence electrons. The van der Waals surface area contributed by atoms with Gasteiger partial charge in [0, 0.05) is 26.1 Å². The second kappa shape index (κ2) is 9.58. The van der Waals surface area contributed by atoms with Crippen molar-refractivity contribution in [2.45, 2.75) is 6.61 Å². The zero-order valence-corrected chi connectivity index (χ0v) is 18.1. The van der Waals surface area contributed by atoms with Gasteiger partial charge in [-0.3, -0.25) is 4.79 Å². The number of benzene rings is 3. The van der Waals surface area contributed by atoms with Crippen LogP contribution in [0, 0.1) is 0 Å². The quantitative estimate of drug-likeness (QED) is 0.317. The van der Waals surface area contributed by atoms with Crippen molar-refractivity contribution in [1.29, 1.82) is 0 Å². The summed E-state index contributed by atoms with van der Waals surface area (Å²) >= 11 is 6.81. The Morgan fingerprint density at radius 2 is 1.62 bits per heavy atom. The first-order valence-corrected chi connectivity index (χ1v) is 10.0. The van der Waals surface area contributed by atoms with Crippen LogP contribution >= 0.6 is 31.9 Å². The summed E-state index contributed by atoms with van der Waals surface area (Å²) < 4.78 is 7.71. The number of halogens is 2. The van der Waals surface area contributed by atoms with Crippen LogP contribution in [-0.2, 0) is 6.61 Å². The van der Waals surface area contributed by atoms with Gasteiger partial charge in [-0.1, -0.05) is 44.0 Å². The van der Waals surface area contributed by atoms with Crippen molar-refractivity contribution in [3.63, 3.8) is 0 Å². The molecule has 0 atom stereocenters. The van der Waals surface area contributed by atoms with Crippen molar-refractivity contribution in [1.82, 2.24) is 5.43 Å². The van der Waals surface area contributed by atoms with E-state index in [2.05, 4.69) is 42.4 Å². The van der Waals surface area contributed by atoms with Gasteiger partial charge in [0.1, 0.15) is 23.9 Å². The van der Waals surface area contributed by atoms with E-state index in [0.717, 1.165) is 20.6 Å². The molecule has 3 aromatic carbocycles. The zero-order chi connectivity index (χ0) is 20.8. The maximum atomic E-state index is 12.1. The molecule has 0 radical (unpaired) electrons. The number of nitrogens with one attached hydrogen (secondary N) is 1. The Labute approximate surface area is 184 Å². The molecule has 0 bridgehead atoms. The van der Waals surface area contributed by atoms with Crippen LogP contribution in [0.1, 0.15) is 21.5 Å². The smallest absolute Gasteiger partial charge is 0.271 e. The monoisotopic (exact) mass is 518 g/mol. The minimum absolute atomic E-state index is 0.0839. The first kappa shape index (κ1) is 20.9. The van der Waals surface area contributed by atoms with Crippen LogP contribution in [0.2, 0.25) is 0 Å². The molecule has 0 aliphatic heterocycles. The molecule has 1 amide bonds. The number of phenolic OH excluding ortho intramolecular Hbond substituents is 2. The number of hydrogen-bond acceptors (Lipinski definition) is 5. The fourth-order valence-corrected chi connectivity index (χ4v) is 3.09. The highest BCUT2D eigenvalue weighted by atomic mass is 79.9. The molecule has 0 saturated heterocycles. The fraction of sp³-hybridized carbons (Fsp3) is 0.0476. The molecule has 0 fully saturated rings. The molecule has 29 heavy (non-hydrogen) atoms. The standard InChI is InChI=1S/C21H16Br2N2O4/c22-16-3-1-13(2-4-16)12-29-20-6-5-17(23)7-15(20)11-24-25-21(28)14-8-18(26)10-19(27)9-14/h1-11,26-27H,12H2,(H,25,28). The molecule has 0 unspecified atom stereocenters. The van der Waals surface area contributed by atoms with Crippen molar-refractivity contribution >= 4 is 44.0 Å². The lowest BCUT2D eigenvalue weighted by atomic mass is 10.2. The highest BCUT2D eigenvalue weighted by Crippen LogP contribution is 2.23. The maximum absolute atomic E-state index is 12.1. The van der Waals surface area contributed by atoms with E-state index >= 15 is 0 Å². The lowest BCUT2D eigenvalue weighted by molar-refractivity contribution is 0.0954. The topological polar surface area (TPSA) is 91.2 Å². The van der Waals surface area contributed by atoms with Crippen molar-refractivity contribution in [2.24, 2.45) is 5.10 Å². The highest BCUT2D eigenvalue weighted by molar-refractivity contribution is 9.10. The molecule has 3 N–H and O–H groups in total. The summed E-state index contributed by atoms with van der Waals surface area (Å²) in [6, 6.07) is 16.9. The predicted octanol–water partition coefficient (Wildman–Crippen LogP) is 4.97. The van der Waals surface area contributed by atoms with Gasteiger partial charge in [-0.05, 0) is 48.0 Å². The third kappa shape index (κ3) is 6.07. The molecule has 8 heteroatoms. The van der Waals surface area contributed by atoms with Gasteiger partial charge in [-0.2, -0.15) is 5.10 Å². The number of phenols is 2. The van der Waals surface area contributed by atoms with Crippen LogP contribution in [0.5, 0.6) is 17.2 Å². The van der Waals surface area contributed by atoms with Crippen molar-refractivity contribution in [3.05, 3.63) is 86.3 Å². The van der Waals surface area contributed by atoms with Gasteiger partial charge >= 0.3 is 0 Å². The number of carbonyl (C=O) groups excluding carboxylic acids is 1. The van der Waals surface area contributed by atoms with E-state index < -0.39 is 5.91 Å². The first-order valence-electron chi connectivity index (χ1n) is 8.44. The Kier molecular flexibility index (Phi) is 6.90. The molecule has 6 nitrogen and oxygen atoms in total. The number of nitrogens with zero attached hydrogens (tertiary/aromatic N) is 1. The van der Waals surface area contributed by atoms with Crippen LogP contribution in [0.3, 0.4) is 0 Å². The normalized spacial score (nSPS) is 10.8. The lowest BCUT2D eigenvalue weighted by Crippen LogP contribution is -2.17. The molecule has 0 aliphatic rings. The van der Waals surface area contributed by atoms with Gasteiger partial charge in [0.05, 0.1) is 6.21 Å². The number of hydrazone groups is 1. The molecule has 0 saturated carbocycles. The van der Waals surface area contributed by atoms with E-state index in [1.165, 1.54) is 18.3 Å². The van der Waals surface area contributed by atoms with Crippen LogP contribution in [-0.4, -0.2) is 22.3 Å². The van der Waals surface area contributed by atoms with E-state index in [1.54, 1.807) is 6.07 Å². The van der Waals surface area contributed by atoms with Crippen molar-refractivity contribution < 1.29 is 19.7 Å². The average molecular weight is 520 g/mol. The van der Waals surface area contributed by atoms with Gasteiger partial charge in [0.15, 0.2) is 0 Å². The molecule has 0 heterocycles. The summed E-state index contributed by atoms with van der Waals surface area (Å²) in [6.07, 6.45) is 1.46. The molecule has 0 spiro atoms. The molecule has 0 aromatic heterocycles. The lowest BCUT2D eigenvalue weighted by Gasteiger charge is -2.10. The number of carbonyl (C=O) groups is 1. The SMILES string of the molecule is O=C(NN=Cc1cc(Br)ccc1OCc1ccc(Br)cc1)c1cc(O)cc(O)c1. The number of hydrogen-bond donors (Lipinski definition) is 3. The number of amides is 1. The summed E-state index contributed by atoms with van der Waals surface area (Å²) in [4.78, 5) is 12.1. The highest BCUT2D eigenvalue weighted by Gasteiger charge is 2.08. The van der Waals surface area contributed by atoms with Crippen molar-refractivity contribution in [2.75, 3.05) is 0 Å².